The Kier molecular flexibility index (Phi) is 3.56. The number of nitrogens with zero attached hydrogens (tertiary/aromatic N) is 1. The van der Waals surface area contributed by atoms with Crippen LogP contribution in [0.25, 0.3) is 0 Å². The van der Waals surface area contributed by atoms with Gasteiger partial charge < -0.3 is 10.2 Å². The number of hydrogen-bond acceptors (Lipinski definition) is 2. The fourth-order valence-corrected chi connectivity index (χ4v) is 2.50. The van der Waals surface area contributed by atoms with E-state index in [1.54, 1.807) is 4.90 Å². The lowest BCUT2D eigenvalue weighted by Gasteiger charge is -2.18. The predicted octanol–water partition coefficient (Wildman–Crippen LogP) is 2.97. The molecular weight excluding hydrogens is 274 g/mol. The number of rotatable bonds is 3. The lowest BCUT2D eigenvalue weighted by Crippen LogP contribution is -2.34. The van der Waals surface area contributed by atoms with Gasteiger partial charge in [0.25, 0.3) is 0 Å². The van der Waals surface area contributed by atoms with Crippen LogP contribution in [0.5, 0.6) is 0 Å². The summed E-state index contributed by atoms with van der Waals surface area (Å²) in [6, 6.07) is 10.8. The molecule has 1 heterocycles. The molecule has 0 saturated heterocycles. The lowest BCUT2D eigenvalue weighted by molar-refractivity contribution is -0.116. The summed E-state index contributed by atoms with van der Waals surface area (Å²) in [7, 11) is 0. The normalized spacial score (nSPS) is 13.1. The Hall–Kier alpha value is -2.43. The first kappa shape index (κ1) is 13.5. The molecule has 0 atom stereocenters. The number of hydrogen-bond donors (Lipinski definition) is 1. The third-order valence-electron chi connectivity index (χ3n) is 3.55. The molecule has 5 heteroatoms. The summed E-state index contributed by atoms with van der Waals surface area (Å²) in [5, 5.41) is 2.66. The van der Waals surface area contributed by atoms with Gasteiger partial charge in [-0.1, -0.05) is 18.2 Å². The Morgan fingerprint density at radius 2 is 2.00 bits per heavy atom. The molecule has 0 aliphatic carbocycles. The predicted molar refractivity (Wildman–Crippen MR) is 77.3 cm³/mol. The number of nitrogens with one attached hydrogen (secondary N) is 1. The minimum Gasteiger partial charge on any atom is -0.374 e. The summed E-state index contributed by atoms with van der Waals surface area (Å²) >= 11 is 0. The molecule has 1 aliphatic rings. The van der Waals surface area contributed by atoms with Crippen molar-refractivity contribution in [1.29, 1.82) is 0 Å². The van der Waals surface area contributed by atoms with Crippen LogP contribution in [0.2, 0.25) is 0 Å². The quantitative estimate of drug-likeness (QED) is 0.941. The van der Waals surface area contributed by atoms with Crippen molar-refractivity contribution >= 4 is 17.3 Å². The zero-order valence-corrected chi connectivity index (χ0v) is 11.3. The van der Waals surface area contributed by atoms with Crippen LogP contribution in [0.1, 0.15) is 5.56 Å². The fourth-order valence-electron chi connectivity index (χ4n) is 2.50. The van der Waals surface area contributed by atoms with Gasteiger partial charge in [-0.2, -0.15) is 0 Å². The van der Waals surface area contributed by atoms with Gasteiger partial charge in [0.05, 0.1) is 12.2 Å². The zero-order chi connectivity index (χ0) is 14.8. The van der Waals surface area contributed by atoms with E-state index in [9.17, 15) is 13.6 Å². The summed E-state index contributed by atoms with van der Waals surface area (Å²) in [5.74, 6) is -1.28. The van der Waals surface area contributed by atoms with Crippen molar-refractivity contribution < 1.29 is 13.6 Å². The van der Waals surface area contributed by atoms with E-state index in [0.717, 1.165) is 35.9 Å². The van der Waals surface area contributed by atoms with Crippen LogP contribution < -0.4 is 10.2 Å². The van der Waals surface area contributed by atoms with Gasteiger partial charge in [-0.3, -0.25) is 4.79 Å². The van der Waals surface area contributed by atoms with Crippen molar-refractivity contribution in [1.82, 2.24) is 0 Å². The largest absolute Gasteiger partial charge is 0.374 e. The van der Waals surface area contributed by atoms with Crippen molar-refractivity contribution in [3.05, 3.63) is 59.7 Å². The topological polar surface area (TPSA) is 32.3 Å². The number of anilines is 2. The first-order chi connectivity index (χ1) is 10.1. The molecule has 0 fully saturated rings. The van der Waals surface area contributed by atoms with Crippen LogP contribution in [-0.4, -0.2) is 19.0 Å². The Balaban J connectivity index is 1.69. The number of fused-ring (bicyclic) bond motifs is 1. The molecule has 1 aliphatic heterocycles. The van der Waals surface area contributed by atoms with Crippen LogP contribution in [0.15, 0.2) is 42.5 Å². The van der Waals surface area contributed by atoms with Crippen molar-refractivity contribution in [2.75, 3.05) is 23.3 Å². The molecule has 0 saturated carbocycles. The number of benzene rings is 2. The van der Waals surface area contributed by atoms with E-state index in [4.69, 9.17) is 0 Å². The Bertz CT molecular complexity index is 688. The van der Waals surface area contributed by atoms with E-state index in [1.807, 2.05) is 24.3 Å². The molecule has 108 valence electrons. The summed E-state index contributed by atoms with van der Waals surface area (Å²) < 4.78 is 26.5. The average Bonchev–Trinajstić information content (AvgIpc) is 2.92. The van der Waals surface area contributed by atoms with Gasteiger partial charge >= 0.3 is 0 Å². The monoisotopic (exact) mass is 288 g/mol. The Morgan fingerprint density at radius 3 is 2.86 bits per heavy atom. The second kappa shape index (κ2) is 5.52. The highest BCUT2D eigenvalue weighted by Gasteiger charge is 2.23. The van der Waals surface area contributed by atoms with Gasteiger partial charge in [0.2, 0.25) is 5.91 Å². The molecule has 3 nitrogen and oxygen atoms in total. The van der Waals surface area contributed by atoms with E-state index in [2.05, 4.69) is 5.32 Å². The van der Waals surface area contributed by atoms with Crippen LogP contribution in [-0.2, 0) is 11.2 Å². The molecule has 0 bridgehead atoms. The molecule has 0 aromatic heterocycles. The number of amides is 1. The highest BCUT2D eigenvalue weighted by molar-refractivity contribution is 5.98. The average molecular weight is 288 g/mol. The first-order valence-electron chi connectivity index (χ1n) is 6.72. The van der Waals surface area contributed by atoms with Crippen LogP contribution >= 0.6 is 0 Å². The van der Waals surface area contributed by atoms with Crippen LogP contribution in [0.4, 0.5) is 20.2 Å². The van der Waals surface area contributed by atoms with Gasteiger partial charge in [0.15, 0.2) is 0 Å². The van der Waals surface area contributed by atoms with Gasteiger partial charge in [0.1, 0.15) is 11.6 Å². The fraction of sp³-hybridized carbons (Fsp3) is 0.188. The zero-order valence-electron chi connectivity index (χ0n) is 11.3. The molecule has 21 heavy (non-hydrogen) atoms. The van der Waals surface area contributed by atoms with Crippen LogP contribution in [0.3, 0.4) is 0 Å². The lowest BCUT2D eigenvalue weighted by atomic mass is 10.2. The van der Waals surface area contributed by atoms with E-state index in [0.29, 0.717) is 6.54 Å². The number of halogens is 2. The number of carbonyl (C=O) groups is 1. The van der Waals surface area contributed by atoms with Gasteiger partial charge in [-0.05, 0) is 36.2 Å². The van der Waals surface area contributed by atoms with Crippen molar-refractivity contribution in [2.24, 2.45) is 0 Å². The molecule has 0 unspecified atom stereocenters. The summed E-state index contributed by atoms with van der Waals surface area (Å²) in [6.07, 6.45) is 0.816. The Labute approximate surface area is 121 Å². The van der Waals surface area contributed by atoms with Gasteiger partial charge in [-0.25, -0.2) is 8.78 Å². The maximum atomic E-state index is 13.5. The van der Waals surface area contributed by atoms with Gasteiger partial charge in [-0.15, -0.1) is 0 Å². The van der Waals surface area contributed by atoms with Crippen molar-refractivity contribution in [3.63, 3.8) is 0 Å². The maximum absolute atomic E-state index is 13.5. The number of carbonyl (C=O) groups excluding carboxylic acids is 1. The minimum absolute atomic E-state index is 0.00386. The van der Waals surface area contributed by atoms with Crippen LogP contribution in [0, 0.1) is 11.6 Å². The molecule has 1 amide bonds. The SMILES string of the molecule is O=C(CNc1cc(F)ccc1F)N1CCc2ccccc21. The number of para-hydroxylation sites is 1. The summed E-state index contributed by atoms with van der Waals surface area (Å²) in [4.78, 5) is 13.9. The van der Waals surface area contributed by atoms with Gasteiger partial charge in [0, 0.05) is 12.2 Å². The third-order valence-corrected chi connectivity index (χ3v) is 3.55. The highest BCUT2D eigenvalue weighted by atomic mass is 19.1. The molecule has 3 rings (SSSR count). The maximum Gasteiger partial charge on any atom is 0.246 e. The molecule has 0 spiro atoms. The summed E-state index contributed by atoms with van der Waals surface area (Å²) in [5.41, 5.74) is 2.02. The molecule has 0 radical (unpaired) electrons. The standard InChI is InChI=1S/C16H14F2N2O/c17-12-5-6-13(18)14(9-12)19-10-16(21)20-8-7-11-3-1-2-4-15(11)20/h1-6,9,19H,7-8,10H2. The van der Waals surface area contributed by atoms with E-state index in [1.165, 1.54) is 0 Å². The first-order valence-corrected chi connectivity index (χ1v) is 6.72. The summed E-state index contributed by atoms with van der Waals surface area (Å²) in [6.45, 7) is 0.542. The molecular formula is C16H14F2N2O. The van der Waals surface area contributed by atoms with E-state index in [-0.39, 0.29) is 18.1 Å². The molecule has 2 aromatic carbocycles. The van der Waals surface area contributed by atoms with E-state index < -0.39 is 11.6 Å². The van der Waals surface area contributed by atoms with Crippen molar-refractivity contribution in [3.8, 4) is 0 Å². The molecule has 2 aromatic rings. The highest BCUT2D eigenvalue weighted by Crippen LogP contribution is 2.27. The minimum atomic E-state index is -0.578. The molecule has 1 N–H and O–H groups in total. The third kappa shape index (κ3) is 2.72. The smallest absolute Gasteiger partial charge is 0.246 e. The van der Waals surface area contributed by atoms with E-state index >= 15 is 0 Å². The second-order valence-corrected chi connectivity index (χ2v) is 4.90. The van der Waals surface area contributed by atoms with Crippen molar-refractivity contribution in [2.45, 2.75) is 6.42 Å². The second-order valence-electron chi connectivity index (χ2n) is 4.90. The Morgan fingerprint density at radius 1 is 1.19 bits per heavy atom.